The van der Waals surface area contributed by atoms with Crippen molar-refractivity contribution >= 4 is 6.03 Å². The molecule has 7 nitrogen and oxygen atoms in total. The number of aryl methyl sites for hydroxylation is 1. The number of hydrogen-bond acceptors (Lipinski definition) is 5. The minimum Gasteiger partial charge on any atom is -0.486 e. The van der Waals surface area contributed by atoms with Gasteiger partial charge in [-0.1, -0.05) is 6.07 Å². The highest BCUT2D eigenvalue weighted by Gasteiger charge is 2.30. The lowest BCUT2D eigenvalue weighted by Gasteiger charge is -2.27. The summed E-state index contributed by atoms with van der Waals surface area (Å²) in [5.74, 6) is 2.23. The van der Waals surface area contributed by atoms with Crippen LogP contribution in [0.1, 0.15) is 36.0 Å². The average Bonchev–Trinajstić information content (AvgIpc) is 3.16. The highest BCUT2D eigenvalue weighted by atomic mass is 16.6. The maximum atomic E-state index is 12.7. The van der Waals surface area contributed by atoms with Crippen molar-refractivity contribution < 1.29 is 14.3 Å². The molecule has 0 aliphatic carbocycles. The van der Waals surface area contributed by atoms with E-state index in [1.165, 1.54) is 0 Å². The first-order valence-electron chi connectivity index (χ1n) is 8.93. The summed E-state index contributed by atoms with van der Waals surface area (Å²) in [6, 6.07) is 7.75. The van der Waals surface area contributed by atoms with E-state index in [1.54, 1.807) is 6.20 Å². The standard InChI is InChI=1S/C19H22N4O3/c1-13-20-7-6-15(22-13)12-21-19(24)23-8-2-3-16(23)14-4-5-17-18(11-14)26-10-9-25-17/h4-7,11,16H,2-3,8-10,12H2,1H3,(H,21,24). The van der Waals surface area contributed by atoms with Crippen molar-refractivity contribution in [1.82, 2.24) is 20.2 Å². The monoisotopic (exact) mass is 354 g/mol. The molecule has 1 saturated heterocycles. The molecule has 0 radical (unpaired) electrons. The van der Waals surface area contributed by atoms with E-state index in [-0.39, 0.29) is 12.1 Å². The zero-order valence-corrected chi connectivity index (χ0v) is 14.8. The molecule has 26 heavy (non-hydrogen) atoms. The van der Waals surface area contributed by atoms with E-state index in [4.69, 9.17) is 9.47 Å². The highest BCUT2D eigenvalue weighted by Crippen LogP contribution is 2.38. The van der Waals surface area contributed by atoms with E-state index in [9.17, 15) is 4.79 Å². The molecule has 7 heteroatoms. The van der Waals surface area contributed by atoms with Crippen LogP contribution in [0.15, 0.2) is 30.5 Å². The Morgan fingerprint density at radius 1 is 1.27 bits per heavy atom. The summed E-state index contributed by atoms with van der Waals surface area (Å²) in [5.41, 5.74) is 1.89. The van der Waals surface area contributed by atoms with Gasteiger partial charge in [-0.25, -0.2) is 14.8 Å². The molecule has 1 N–H and O–H groups in total. The second-order valence-corrected chi connectivity index (χ2v) is 6.51. The molecular weight excluding hydrogens is 332 g/mol. The van der Waals surface area contributed by atoms with Gasteiger partial charge in [0.2, 0.25) is 0 Å². The summed E-state index contributed by atoms with van der Waals surface area (Å²) >= 11 is 0. The molecule has 2 aliphatic heterocycles. The summed E-state index contributed by atoms with van der Waals surface area (Å²) in [5, 5.41) is 2.97. The third-order valence-electron chi connectivity index (χ3n) is 4.72. The van der Waals surface area contributed by atoms with E-state index in [0.29, 0.717) is 25.6 Å². The van der Waals surface area contributed by atoms with Crippen LogP contribution in [0, 0.1) is 6.92 Å². The minimum absolute atomic E-state index is 0.0537. The number of nitrogens with one attached hydrogen (secondary N) is 1. The maximum absolute atomic E-state index is 12.7. The van der Waals surface area contributed by atoms with Gasteiger partial charge in [0.05, 0.1) is 18.3 Å². The Morgan fingerprint density at radius 2 is 2.12 bits per heavy atom. The number of carbonyl (C=O) groups is 1. The van der Waals surface area contributed by atoms with Crippen LogP contribution in [-0.4, -0.2) is 40.7 Å². The van der Waals surface area contributed by atoms with E-state index >= 15 is 0 Å². The number of fused-ring (bicyclic) bond motifs is 1. The topological polar surface area (TPSA) is 76.6 Å². The van der Waals surface area contributed by atoms with Gasteiger partial charge in [-0.05, 0) is 43.5 Å². The fourth-order valence-corrected chi connectivity index (χ4v) is 3.49. The number of urea groups is 1. The Labute approximate surface area is 152 Å². The van der Waals surface area contributed by atoms with Crippen LogP contribution in [0.5, 0.6) is 11.5 Å². The Balaban J connectivity index is 1.45. The van der Waals surface area contributed by atoms with Gasteiger partial charge >= 0.3 is 6.03 Å². The van der Waals surface area contributed by atoms with Gasteiger partial charge < -0.3 is 19.7 Å². The molecule has 136 valence electrons. The molecule has 1 fully saturated rings. The van der Waals surface area contributed by atoms with Gasteiger partial charge in [-0.15, -0.1) is 0 Å². The number of aromatic nitrogens is 2. The fourth-order valence-electron chi connectivity index (χ4n) is 3.49. The number of hydrogen-bond donors (Lipinski definition) is 1. The number of carbonyl (C=O) groups excluding carboxylic acids is 1. The zero-order valence-electron chi connectivity index (χ0n) is 14.8. The fraction of sp³-hybridized carbons (Fsp3) is 0.421. The van der Waals surface area contributed by atoms with E-state index in [0.717, 1.165) is 42.1 Å². The predicted molar refractivity (Wildman–Crippen MR) is 95.1 cm³/mol. The molecule has 0 bridgehead atoms. The van der Waals surface area contributed by atoms with Crippen LogP contribution in [0.2, 0.25) is 0 Å². The van der Waals surface area contributed by atoms with Gasteiger partial charge in [-0.3, -0.25) is 0 Å². The van der Waals surface area contributed by atoms with Gasteiger partial charge in [0.15, 0.2) is 11.5 Å². The van der Waals surface area contributed by atoms with Gasteiger partial charge in [0.1, 0.15) is 19.0 Å². The van der Waals surface area contributed by atoms with Gasteiger partial charge in [0, 0.05) is 12.7 Å². The maximum Gasteiger partial charge on any atom is 0.318 e. The molecular formula is C19H22N4O3. The third-order valence-corrected chi connectivity index (χ3v) is 4.72. The number of nitrogens with zero attached hydrogens (tertiary/aromatic N) is 3. The third kappa shape index (κ3) is 3.42. The second kappa shape index (κ2) is 7.19. The van der Waals surface area contributed by atoms with Gasteiger partial charge in [0.25, 0.3) is 0 Å². The molecule has 1 atom stereocenters. The Hall–Kier alpha value is -2.83. The second-order valence-electron chi connectivity index (χ2n) is 6.51. The first kappa shape index (κ1) is 16.6. The van der Waals surface area contributed by atoms with Crippen LogP contribution in [0.3, 0.4) is 0 Å². The quantitative estimate of drug-likeness (QED) is 0.917. The van der Waals surface area contributed by atoms with Crippen molar-refractivity contribution in [2.24, 2.45) is 0 Å². The SMILES string of the molecule is Cc1nccc(CNC(=O)N2CCCC2c2ccc3c(c2)OCCO3)n1. The molecule has 1 aromatic heterocycles. The van der Waals surface area contributed by atoms with E-state index in [2.05, 4.69) is 15.3 Å². The largest absolute Gasteiger partial charge is 0.486 e. The molecule has 2 aliphatic rings. The summed E-state index contributed by atoms with van der Waals surface area (Å²) in [4.78, 5) is 23.0. The van der Waals surface area contributed by atoms with E-state index < -0.39 is 0 Å². The average molecular weight is 354 g/mol. The minimum atomic E-state index is -0.0707. The van der Waals surface area contributed by atoms with Crippen molar-refractivity contribution in [3.05, 3.63) is 47.5 Å². The summed E-state index contributed by atoms with van der Waals surface area (Å²) in [6.45, 7) is 4.11. The van der Waals surface area contributed by atoms with E-state index in [1.807, 2.05) is 36.1 Å². The molecule has 3 heterocycles. The summed E-state index contributed by atoms with van der Waals surface area (Å²) < 4.78 is 11.3. The number of ether oxygens (including phenoxy) is 2. The molecule has 0 spiro atoms. The van der Waals surface area contributed by atoms with Crippen LogP contribution < -0.4 is 14.8 Å². The smallest absolute Gasteiger partial charge is 0.318 e. The van der Waals surface area contributed by atoms with Crippen molar-refractivity contribution in [2.45, 2.75) is 32.4 Å². The highest BCUT2D eigenvalue weighted by molar-refractivity contribution is 5.75. The molecule has 0 saturated carbocycles. The number of amides is 2. The molecule has 1 unspecified atom stereocenters. The Morgan fingerprint density at radius 3 is 2.96 bits per heavy atom. The van der Waals surface area contributed by atoms with Crippen molar-refractivity contribution in [3.63, 3.8) is 0 Å². The van der Waals surface area contributed by atoms with Crippen LogP contribution in [0.4, 0.5) is 4.79 Å². The lowest BCUT2D eigenvalue weighted by Crippen LogP contribution is -2.39. The number of benzene rings is 1. The molecule has 2 amide bonds. The van der Waals surface area contributed by atoms with Crippen LogP contribution in [0.25, 0.3) is 0 Å². The Kier molecular flexibility index (Phi) is 4.60. The predicted octanol–water partition coefficient (Wildman–Crippen LogP) is 2.60. The molecule has 4 rings (SSSR count). The summed E-state index contributed by atoms with van der Waals surface area (Å²) in [6.07, 6.45) is 3.64. The number of rotatable bonds is 3. The van der Waals surface area contributed by atoms with Gasteiger partial charge in [-0.2, -0.15) is 0 Å². The molecule has 1 aromatic carbocycles. The first-order chi connectivity index (χ1) is 12.7. The lowest BCUT2D eigenvalue weighted by molar-refractivity contribution is 0.170. The summed E-state index contributed by atoms with van der Waals surface area (Å²) in [7, 11) is 0. The van der Waals surface area contributed by atoms with Crippen LogP contribution >= 0.6 is 0 Å². The molecule has 2 aromatic rings. The van der Waals surface area contributed by atoms with Crippen molar-refractivity contribution in [2.75, 3.05) is 19.8 Å². The van der Waals surface area contributed by atoms with Crippen molar-refractivity contribution in [3.8, 4) is 11.5 Å². The van der Waals surface area contributed by atoms with Crippen LogP contribution in [-0.2, 0) is 6.54 Å². The zero-order chi connectivity index (χ0) is 17.9. The number of likely N-dealkylation sites (tertiary alicyclic amines) is 1. The first-order valence-corrected chi connectivity index (χ1v) is 8.93. The van der Waals surface area contributed by atoms with Crippen molar-refractivity contribution in [1.29, 1.82) is 0 Å². The lowest BCUT2D eigenvalue weighted by atomic mass is 10.0. The Bertz CT molecular complexity index is 811. The normalized spacial score (nSPS) is 18.7.